The Balaban J connectivity index is 1.63. The lowest BCUT2D eigenvalue weighted by Gasteiger charge is -2.36. The highest BCUT2D eigenvalue weighted by Crippen LogP contribution is 2.40. The van der Waals surface area contributed by atoms with Crippen molar-refractivity contribution in [2.24, 2.45) is 0 Å². The predicted octanol–water partition coefficient (Wildman–Crippen LogP) is 4.86. The number of nitrogens with one attached hydrogen (secondary N) is 1. The van der Waals surface area contributed by atoms with Gasteiger partial charge in [0.05, 0.1) is 17.1 Å². The second-order valence-corrected chi connectivity index (χ2v) is 11.8. The lowest BCUT2D eigenvalue weighted by Crippen LogP contribution is -2.51. The van der Waals surface area contributed by atoms with Crippen LogP contribution in [0.15, 0.2) is 83.8 Å². The van der Waals surface area contributed by atoms with Crippen LogP contribution in [-0.2, 0) is 20.2 Å². The number of carbonyl (C=O) groups is 1. The molecule has 0 aromatic heterocycles. The van der Waals surface area contributed by atoms with Crippen LogP contribution >= 0.6 is 0 Å². The first kappa shape index (κ1) is 24.8. The minimum Gasteiger partial charge on any atom is -0.476 e. The Morgan fingerprint density at radius 1 is 1.03 bits per heavy atom. The second-order valence-electron chi connectivity index (χ2n) is 9.95. The highest BCUT2D eigenvalue weighted by Gasteiger charge is 2.38. The van der Waals surface area contributed by atoms with Crippen LogP contribution in [0.1, 0.15) is 44.7 Å². The fourth-order valence-corrected chi connectivity index (χ4v) is 5.56. The quantitative estimate of drug-likeness (QED) is 0.533. The lowest BCUT2D eigenvalue weighted by molar-refractivity contribution is -0.127. The van der Waals surface area contributed by atoms with Crippen molar-refractivity contribution >= 4 is 21.6 Å². The third-order valence-electron chi connectivity index (χ3n) is 6.27. The van der Waals surface area contributed by atoms with Crippen LogP contribution in [0.4, 0.5) is 5.69 Å². The third-order valence-corrected chi connectivity index (χ3v) is 8.06. The molecule has 0 fully saturated rings. The largest absolute Gasteiger partial charge is 0.476 e. The number of anilines is 1. The number of hydrogen-bond donors (Lipinski definition) is 1. The fourth-order valence-electron chi connectivity index (χ4n) is 4.07. The SMILES string of the molecule is C[C@H](CNC(=O)[C@H]1CN(S(=O)(=O)c2ccccc2)c2cc(C(C)(C)C)ccc2O1)c1ccccc1. The van der Waals surface area contributed by atoms with Crippen LogP contribution in [0.5, 0.6) is 5.75 Å². The average molecular weight is 493 g/mol. The summed E-state index contributed by atoms with van der Waals surface area (Å²) >= 11 is 0. The van der Waals surface area contributed by atoms with E-state index >= 15 is 0 Å². The Kier molecular flexibility index (Phi) is 6.90. The van der Waals surface area contributed by atoms with Crippen molar-refractivity contribution in [3.8, 4) is 5.75 Å². The van der Waals surface area contributed by atoms with Crippen molar-refractivity contribution < 1.29 is 17.9 Å². The summed E-state index contributed by atoms with van der Waals surface area (Å²) in [5.74, 6) is 0.140. The Bertz CT molecular complexity index is 1290. The molecular formula is C28H32N2O4S. The van der Waals surface area contributed by atoms with Crippen molar-refractivity contribution in [3.63, 3.8) is 0 Å². The molecular weight excluding hydrogens is 460 g/mol. The molecule has 1 aliphatic rings. The number of hydrogen-bond acceptors (Lipinski definition) is 4. The summed E-state index contributed by atoms with van der Waals surface area (Å²) in [7, 11) is -3.91. The maximum Gasteiger partial charge on any atom is 0.264 e. The minimum atomic E-state index is -3.91. The number of rotatable bonds is 6. The predicted molar refractivity (Wildman–Crippen MR) is 138 cm³/mol. The van der Waals surface area contributed by atoms with Crippen molar-refractivity contribution in [2.45, 2.75) is 50.0 Å². The molecule has 4 rings (SSSR count). The molecule has 184 valence electrons. The van der Waals surface area contributed by atoms with Gasteiger partial charge < -0.3 is 10.1 Å². The van der Waals surface area contributed by atoms with Crippen molar-refractivity contribution in [3.05, 3.63) is 90.0 Å². The van der Waals surface area contributed by atoms with E-state index in [9.17, 15) is 13.2 Å². The van der Waals surface area contributed by atoms with Gasteiger partial charge in [-0.25, -0.2) is 8.42 Å². The summed E-state index contributed by atoms with van der Waals surface area (Å²) in [5, 5.41) is 2.94. The Hall–Kier alpha value is -3.32. The van der Waals surface area contributed by atoms with Gasteiger partial charge in [0.25, 0.3) is 15.9 Å². The molecule has 1 heterocycles. The summed E-state index contributed by atoms with van der Waals surface area (Å²) in [5.41, 5.74) is 2.36. The standard InChI is InChI=1S/C28H32N2O4S/c1-20(21-11-7-5-8-12-21)18-29-27(31)26-19-30(35(32,33)23-13-9-6-10-14-23)24-17-22(28(2,3)4)15-16-25(24)34-26/h5-17,20,26H,18-19H2,1-4H3,(H,29,31)/t20-,26-/m1/s1. The first-order chi connectivity index (χ1) is 16.6. The number of benzene rings is 3. The molecule has 1 aliphatic heterocycles. The lowest BCUT2D eigenvalue weighted by atomic mass is 9.86. The minimum absolute atomic E-state index is 0.106. The zero-order valence-corrected chi connectivity index (χ0v) is 21.4. The summed E-state index contributed by atoms with van der Waals surface area (Å²) in [6.45, 7) is 8.55. The van der Waals surface area contributed by atoms with Gasteiger partial charge in [0.2, 0.25) is 0 Å². The van der Waals surface area contributed by atoms with Crippen LogP contribution < -0.4 is 14.4 Å². The van der Waals surface area contributed by atoms with Crippen LogP contribution in [-0.4, -0.2) is 33.5 Å². The van der Waals surface area contributed by atoms with Gasteiger partial charge in [0.15, 0.2) is 6.10 Å². The van der Waals surface area contributed by atoms with Gasteiger partial charge in [-0.1, -0.05) is 82.3 Å². The maximum atomic E-state index is 13.7. The zero-order chi connectivity index (χ0) is 25.2. The third kappa shape index (κ3) is 5.35. The molecule has 7 heteroatoms. The number of nitrogens with zero attached hydrogens (tertiary/aromatic N) is 1. The van der Waals surface area contributed by atoms with E-state index < -0.39 is 16.1 Å². The molecule has 0 saturated carbocycles. The van der Waals surface area contributed by atoms with E-state index in [-0.39, 0.29) is 28.7 Å². The van der Waals surface area contributed by atoms with E-state index in [2.05, 4.69) is 26.1 Å². The van der Waals surface area contributed by atoms with Gasteiger partial charge in [-0.3, -0.25) is 9.10 Å². The summed E-state index contributed by atoms with van der Waals surface area (Å²) < 4.78 is 34.7. The van der Waals surface area contributed by atoms with Crippen LogP contribution in [0.3, 0.4) is 0 Å². The van der Waals surface area contributed by atoms with Crippen molar-refractivity contribution in [2.75, 3.05) is 17.4 Å². The fraction of sp³-hybridized carbons (Fsp3) is 0.321. The first-order valence-electron chi connectivity index (χ1n) is 11.8. The second kappa shape index (κ2) is 9.74. The highest BCUT2D eigenvalue weighted by atomic mass is 32.2. The normalized spacial score (nSPS) is 16.7. The molecule has 0 bridgehead atoms. The van der Waals surface area contributed by atoms with Gasteiger partial charge in [0.1, 0.15) is 5.75 Å². The molecule has 3 aromatic rings. The number of amides is 1. The molecule has 3 aromatic carbocycles. The Labute approximate surface area is 208 Å². The monoisotopic (exact) mass is 492 g/mol. The summed E-state index contributed by atoms with van der Waals surface area (Å²) in [6.07, 6.45) is -0.968. The van der Waals surface area contributed by atoms with Gasteiger partial charge >= 0.3 is 0 Å². The Morgan fingerprint density at radius 2 is 1.66 bits per heavy atom. The van der Waals surface area contributed by atoms with Crippen molar-refractivity contribution in [1.82, 2.24) is 5.32 Å². The maximum absolute atomic E-state index is 13.7. The molecule has 1 amide bonds. The van der Waals surface area contributed by atoms with E-state index in [1.165, 1.54) is 4.31 Å². The first-order valence-corrected chi connectivity index (χ1v) is 13.2. The van der Waals surface area contributed by atoms with E-state index in [1.807, 2.05) is 49.4 Å². The van der Waals surface area contributed by atoms with Gasteiger partial charge in [-0.05, 0) is 46.7 Å². The molecule has 1 N–H and O–H groups in total. The molecule has 0 unspecified atom stereocenters. The van der Waals surface area contributed by atoms with Gasteiger partial charge in [-0.2, -0.15) is 0 Å². The molecule has 0 saturated heterocycles. The summed E-state index contributed by atoms with van der Waals surface area (Å²) in [6, 6.07) is 23.7. The number of fused-ring (bicyclic) bond motifs is 1. The molecule has 2 atom stereocenters. The van der Waals surface area contributed by atoms with E-state index in [0.29, 0.717) is 18.0 Å². The average Bonchev–Trinajstić information content (AvgIpc) is 2.86. The van der Waals surface area contributed by atoms with E-state index in [4.69, 9.17) is 4.74 Å². The van der Waals surface area contributed by atoms with E-state index in [0.717, 1.165) is 11.1 Å². The zero-order valence-electron chi connectivity index (χ0n) is 20.6. The van der Waals surface area contributed by atoms with Gasteiger partial charge in [-0.15, -0.1) is 0 Å². The molecule has 0 aliphatic carbocycles. The highest BCUT2D eigenvalue weighted by molar-refractivity contribution is 7.92. The van der Waals surface area contributed by atoms with Crippen LogP contribution in [0.25, 0.3) is 0 Å². The molecule has 6 nitrogen and oxygen atoms in total. The number of carbonyl (C=O) groups excluding carboxylic acids is 1. The van der Waals surface area contributed by atoms with Gasteiger partial charge in [0, 0.05) is 6.54 Å². The topological polar surface area (TPSA) is 75.7 Å². The Morgan fingerprint density at radius 3 is 2.29 bits per heavy atom. The number of ether oxygens (including phenoxy) is 1. The van der Waals surface area contributed by atoms with E-state index in [1.54, 1.807) is 36.4 Å². The molecule has 0 radical (unpaired) electrons. The van der Waals surface area contributed by atoms with Crippen molar-refractivity contribution in [1.29, 1.82) is 0 Å². The number of sulfonamides is 1. The summed E-state index contributed by atoms with van der Waals surface area (Å²) in [4.78, 5) is 13.3. The van der Waals surface area contributed by atoms with Crippen LogP contribution in [0.2, 0.25) is 0 Å². The molecule has 0 spiro atoms. The molecule has 35 heavy (non-hydrogen) atoms. The smallest absolute Gasteiger partial charge is 0.264 e. The van der Waals surface area contributed by atoms with Crippen LogP contribution in [0, 0.1) is 0 Å².